The summed E-state index contributed by atoms with van der Waals surface area (Å²) < 4.78 is 5.62. The third-order valence-electron chi connectivity index (χ3n) is 2.34. The first-order valence-electron chi connectivity index (χ1n) is 5.29. The Kier molecular flexibility index (Phi) is 4.12. The van der Waals surface area contributed by atoms with Gasteiger partial charge >= 0.3 is 0 Å². The van der Waals surface area contributed by atoms with Crippen molar-refractivity contribution in [3.05, 3.63) is 58.9 Å². The first-order chi connectivity index (χ1) is 8.66. The lowest BCUT2D eigenvalue weighted by molar-refractivity contribution is 0.306. The quantitative estimate of drug-likeness (QED) is 0.874. The Balaban J connectivity index is 2.09. The smallest absolute Gasteiger partial charge is 0.123 e. The van der Waals surface area contributed by atoms with Crippen molar-refractivity contribution < 1.29 is 4.74 Å². The zero-order valence-corrected chi connectivity index (χ0v) is 11.0. The molecular weight excluding hydrogens is 268 g/mol. The molecule has 5 heteroatoms. The van der Waals surface area contributed by atoms with Crippen molar-refractivity contribution in [1.82, 2.24) is 4.98 Å². The number of ether oxygens (including phenoxy) is 1. The van der Waals surface area contributed by atoms with E-state index in [9.17, 15) is 0 Å². The summed E-state index contributed by atoms with van der Waals surface area (Å²) in [6, 6.07) is 11.0. The number of nitrogens with zero attached hydrogens (tertiary/aromatic N) is 1. The minimum atomic E-state index is 0.248. The van der Waals surface area contributed by atoms with Gasteiger partial charge in [0.15, 0.2) is 0 Å². The molecule has 1 heterocycles. The molecule has 2 N–H and O–H groups in total. The fourth-order valence-electron chi connectivity index (χ4n) is 1.41. The van der Waals surface area contributed by atoms with Crippen LogP contribution in [0.3, 0.4) is 0 Å². The van der Waals surface area contributed by atoms with E-state index in [0.29, 0.717) is 23.1 Å². The van der Waals surface area contributed by atoms with Gasteiger partial charge in [-0.05, 0) is 12.1 Å². The summed E-state index contributed by atoms with van der Waals surface area (Å²) >= 11 is 10.9. The van der Waals surface area contributed by atoms with E-state index in [0.717, 1.165) is 5.56 Å². The molecule has 0 radical (unpaired) electrons. The van der Waals surface area contributed by atoms with Crippen LogP contribution in [0.1, 0.15) is 11.3 Å². The molecule has 0 atom stereocenters. The lowest BCUT2D eigenvalue weighted by Gasteiger charge is -2.08. The zero-order valence-electron chi connectivity index (χ0n) is 9.47. The zero-order chi connectivity index (χ0) is 13.0. The average molecular weight is 279 g/mol. The minimum absolute atomic E-state index is 0.248. The van der Waals surface area contributed by atoms with E-state index in [1.54, 1.807) is 18.3 Å². The summed E-state index contributed by atoms with van der Waals surface area (Å²) in [5.41, 5.74) is 6.97. The topological polar surface area (TPSA) is 48.1 Å². The highest BCUT2D eigenvalue weighted by Gasteiger charge is 2.03. The van der Waals surface area contributed by atoms with Crippen molar-refractivity contribution in [3.8, 4) is 5.75 Å². The maximum atomic E-state index is 6.04. The summed E-state index contributed by atoms with van der Waals surface area (Å²) in [6.07, 6.45) is 1.61. The lowest BCUT2D eigenvalue weighted by atomic mass is 10.2. The molecule has 0 aliphatic carbocycles. The number of thiocarbonyl (C=S) groups is 1. The van der Waals surface area contributed by atoms with E-state index in [2.05, 4.69) is 4.98 Å². The summed E-state index contributed by atoms with van der Waals surface area (Å²) in [6.45, 7) is 0.389. The number of aromatic nitrogens is 1. The van der Waals surface area contributed by atoms with Crippen LogP contribution < -0.4 is 10.5 Å². The van der Waals surface area contributed by atoms with Gasteiger partial charge in [0.05, 0.1) is 0 Å². The molecule has 0 bridgehead atoms. The molecular formula is C13H11ClN2OS. The Morgan fingerprint density at radius 3 is 2.83 bits per heavy atom. The Labute approximate surface area is 116 Å². The minimum Gasteiger partial charge on any atom is -0.489 e. The number of hydrogen-bond donors (Lipinski definition) is 1. The fourth-order valence-corrected chi connectivity index (χ4v) is 1.71. The van der Waals surface area contributed by atoms with Crippen LogP contribution in [0.2, 0.25) is 5.02 Å². The van der Waals surface area contributed by atoms with Crippen LogP contribution >= 0.6 is 23.8 Å². The van der Waals surface area contributed by atoms with Crippen LogP contribution in [0.5, 0.6) is 5.75 Å². The van der Waals surface area contributed by atoms with E-state index in [-0.39, 0.29) is 4.99 Å². The monoisotopic (exact) mass is 278 g/mol. The summed E-state index contributed by atoms with van der Waals surface area (Å²) in [5.74, 6) is 0.660. The van der Waals surface area contributed by atoms with Crippen molar-refractivity contribution >= 4 is 28.8 Å². The van der Waals surface area contributed by atoms with Crippen LogP contribution in [0.25, 0.3) is 0 Å². The standard InChI is InChI=1S/C13H11ClN2OS/c14-11-4-2-1-3-9(11)8-17-10-5-6-16-12(7-10)13(15)18/h1-7H,8H2,(H2,15,18). The Morgan fingerprint density at radius 1 is 1.33 bits per heavy atom. The van der Waals surface area contributed by atoms with Gasteiger partial charge in [-0.3, -0.25) is 4.98 Å². The summed E-state index contributed by atoms with van der Waals surface area (Å²) in [7, 11) is 0. The van der Waals surface area contributed by atoms with Crippen LogP contribution in [0.4, 0.5) is 0 Å². The Morgan fingerprint density at radius 2 is 2.11 bits per heavy atom. The first-order valence-corrected chi connectivity index (χ1v) is 6.07. The number of halogens is 1. The largest absolute Gasteiger partial charge is 0.489 e. The predicted molar refractivity (Wildman–Crippen MR) is 75.9 cm³/mol. The van der Waals surface area contributed by atoms with Crippen molar-refractivity contribution in [2.75, 3.05) is 0 Å². The number of nitrogens with two attached hydrogens (primary N) is 1. The molecule has 2 aromatic rings. The molecule has 0 aliphatic heterocycles. The first kappa shape index (κ1) is 12.8. The van der Waals surface area contributed by atoms with Crippen LogP contribution in [0.15, 0.2) is 42.6 Å². The highest BCUT2D eigenvalue weighted by molar-refractivity contribution is 7.80. The molecule has 2 rings (SSSR count). The third-order valence-corrected chi connectivity index (χ3v) is 2.91. The van der Waals surface area contributed by atoms with E-state index < -0.39 is 0 Å². The van der Waals surface area contributed by atoms with Crippen molar-refractivity contribution in [2.24, 2.45) is 5.73 Å². The highest BCUT2D eigenvalue weighted by Crippen LogP contribution is 2.18. The van der Waals surface area contributed by atoms with Crippen LogP contribution in [0, 0.1) is 0 Å². The lowest BCUT2D eigenvalue weighted by Crippen LogP contribution is -2.11. The van der Waals surface area contributed by atoms with Crippen molar-refractivity contribution in [1.29, 1.82) is 0 Å². The van der Waals surface area contributed by atoms with Crippen molar-refractivity contribution in [2.45, 2.75) is 6.61 Å². The Bertz CT molecular complexity index is 574. The van der Waals surface area contributed by atoms with E-state index >= 15 is 0 Å². The van der Waals surface area contributed by atoms with Gasteiger partial charge in [0.1, 0.15) is 23.0 Å². The SMILES string of the molecule is NC(=S)c1cc(OCc2ccccc2Cl)ccn1. The number of rotatable bonds is 4. The third kappa shape index (κ3) is 3.18. The van der Waals surface area contributed by atoms with Gasteiger partial charge in [-0.1, -0.05) is 42.0 Å². The molecule has 92 valence electrons. The molecule has 3 nitrogen and oxygen atoms in total. The van der Waals surface area contributed by atoms with Gasteiger partial charge in [0, 0.05) is 22.8 Å². The Hall–Kier alpha value is -1.65. The number of pyridine rings is 1. The van der Waals surface area contributed by atoms with E-state index in [1.165, 1.54) is 0 Å². The second-order valence-corrected chi connectivity index (χ2v) is 4.47. The molecule has 1 aromatic carbocycles. The van der Waals surface area contributed by atoms with Crippen molar-refractivity contribution in [3.63, 3.8) is 0 Å². The summed E-state index contributed by atoms with van der Waals surface area (Å²) in [4.78, 5) is 4.29. The average Bonchev–Trinajstić information content (AvgIpc) is 2.38. The molecule has 0 amide bonds. The number of hydrogen-bond acceptors (Lipinski definition) is 3. The predicted octanol–water partition coefficient (Wildman–Crippen LogP) is 2.95. The van der Waals surface area contributed by atoms with Gasteiger partial charge in [0.25, 0.3) is 0 Å². The maximum Gasteiger partial charge on any atom is 0.123 e. The second kappa shape index (κ2) is 5.80. The molecule has 18 heavy (non-hydrogen) atoms. The van der Waals surface area contributed by atoms with Crippen LogP contribution in [-0.4, -0.2) is 9.97 Å². The second-order valence-electron chi connectivity index (χ2n) is 3.62. The molecule has 0 aliphatic rings. The maximum absolute atomic E-state index is 6.04. The molecule has 0 saturated heterocycles. The number of benzene rings is 1. The normalized spacial score (nSPS) is 10.1. The molecule has 0 saturated carbocycles. The molecule has 1 aromatic heterocycles. The van der Waals surface area contributed by atoms with E-state index in [4.69, 9.17) is 34.3 Å². The fraction of sp³-hybridized carbons (Fsp3) is 0.0769. The molecule has 0 unspecified atom stereocenters. The van der Waals surface area contributed by atoms with Gasteiger partial charge in [-0.25, -0.2) is 0 Å². The molecule has 0 fully saturated rings. The molecule has 0 spiro atoms. The van der Waals surface area contributed by atoms with Gasteiger partial charge in [-0.15, -0.1) is 0 Å². The van der Waals surface area contributed by atoms with Crippen LogP contribution in [-0.2, 0) is 6.61 Å². The van der Waals surface area contributed by atoms with Gasteiger partial charge < -0.3 is 10.5 Å². The highest BCUT2D eigenvalue weighted by atomic mass is 35.5. The van der Waals surface area contributed by atoms with E-state index in [1.807, 2.05) is 24.3 Å². The summed E-state index contributed by atoms with van der Waals surface area (Å²) in [5, 5.41) is 0.682. The van der Waals surface area contributed by atoms with Gasteiger partial charge in [0.2, 0.25) is 0 Å². The van der Waals surface area contributed by atoms with Gasteiger partial charge in [-0.2, -0.15) is 0 Å².